The van der Waals surface area contributed by atoms with Crippen molar-refractivity contribution in [3.8, 4) is 11.8 Å². The fourth-order valence-corrected chi connectivity index (χ4v) is 2.05. The first kappa shape index (κ1) is 16.2. The molecular weight excluding hydrogens is 323 g/mol. The SMILES string of the molecule is CC(Oc1ccc(C#N)cc1)C(=O)Nc1cccc(Cl)c1Cl. The van der Waals surface area contributed by atoms with Gasteiger partial charge in [0.25, 0.3) is 5.91 Å². The van der Waals surface area contributed by atoms with Gasteiger partial charge in [0.05, 0.1) is 27.4 Å². The van der Waals surface area contributed by atoms with E-state index in [1.807, 2.05) is 6.07 Å². The van der Waals surface area contributed by atoms with Crippen LogP contribution in [0.25, 0.3) is 0 Å². The molecule has 0 spiro atoms. The van der Waals surface area contributed by atoms with Crippen molar-refractivity contribution in [2.24, 2.45) is 0 Å². The Balaban J connectivity index is 2.02. The van der Waals surface area contributed by atoms with Gasteiger partial charge in [0.1, 0.15) is 5.75 Å². The number of ether oxygens (including phenoxy) is 1. The van der Waals surface area contributed by atoms with Crippen LogP contribution in [0.1, 0.15) is 12.5 Å². The van der Waals surface area contributed by atoms with Crippen LogP contribution >= 0.6 is 23.2 Å². The monoisotopic (exact) mass is 334 g/mol. The van der Waals surface area contributed by atoms with E-state index < -0.39 is 6.10 Å². The van der Waals surface area contributed by atoms with Crippen molar-refractivity contribution in [3.05, 3.63) is 58.1 Å². The van der Waals surface area contributed by atoms with E-state index in [2.05, 4.69) is 5.32 Å². The Kier molecular flexibility index (Phi) is 5.26. The number of nitriles is 1. The predicted octanol–water partition coefficient (Wildman–Crippen LogP) is 4.27. The lowest BCUT2D eigenvalue weighted by Crippen LogP contribution is -2.30. The number of benzene rings is 2. The van der Waals surface area contributed by atoms with Crippen molar-refractivity contribution in [1.82, 2.24) is 0 Å². The first-order chi connectivity index (χ1) is 10.5. The molecule has 0 saturated heterocycles. The molecular formula is C16H12Cl2N2O2. The Labute approximate surface area is 138 Å². The summed E-state index contributed by atoms with van der Waals surface area (Å²) in [6.07, 6.45) is -0.733. The van der Waals surface area contributed by atoms with Crippen molar-refractivity contribution < 1.29 is 9.53 Å². The van der Waals surface area contributed by atoms with Crippen molar-refractivity contribution >= 4 is 34.8 Å². The smallest absolute Gasteiger partial charge is 0.265 e. The topological polar surface area (TPSA) is 62.1 Å². The minimum atomic E-state index is -0.733. The molecule has 1 N–H and O–H groups in total. The molecule has 2 aromatic carbocycles. The molecule has 2 rings (SSSR count). The molecule has 6 heteroatoms. The molecule has 0 aliphatic rings. The van der Waals surface area contributed by atoms with E-state index in [4.69, 9.17) is 33.2 Å². The highest BCUT2D eigenvalue weighted by atomic mass is 35.5. The molecule has 1 unspecified atom stereocenters. The molecule has 0 aliphatic heterocycles. The van der Waals surface area contributed by atoms with E-state index in [0.29, 0.717) is 22.0 Å². The van der Waals surface area contributed by atoms with Crippen LogP contribution in [0, 0.1) is 11.3 Å². The van der Waals surface area contributed by atoms with Crippen LogP contribution in [-0.2, 0) is 4.79 Å². The summed E-state index contributed by atoms with van der Waals surface area (Å²) in [5.41, 5.74) is 0.949. The van der Waals surface area contributed by atoms with Crippen LogP contribution in [0.5, 0.6) is 5.75 Å². The van der Waals surface area contributed by atoms with E-state index in [-0.39, 0.29) is 10.9 Å². The number of anilines is 1. The summed E-state index contributed by atoms with van der Waals surface area (Å²) >= 11 is 11.9. The number of carbonyl (C=O) groups is 1. The maximum Gasteiger partial charge on any atom is 0.265 e. The third-order valence-electron chi connectivity index (χ3n) is 2.87. The molecule has 0 heterocycles. The molecule has 22 heavy (non-hydrogen) atoms. The fourth-order valence-electron chi connectivity index (χ4n) is 1.70. The second-order valence-electron chi connectivity index (χ2n) is 4.49. The lowest BCUT2D eigenvalue weighted by atomic mass is 10.2. The van der Waals surface area contributed by atoms with Crippen LogP contribution < -0.4 is 10.1 Å². The average molecular weight is 335 g/mol. The first-order valence-corrected chi connectivity index (χ1v) is 7.18. The molecule has 0 saturated carbocycles. The van der Waals surface area contributed by atoms with Gasteiger partial charge in [-0.3, -0.25) is 4.79 Å². The third kappa shape index (κ3) is 3.91. The van der Waals surface area contributed by atoms with E-state index >= 15 is 0 Å². The predicted molar refractivity (Wildman–Crippen MR) is 86.3 cm³/mol. The van der Waals surface area contributed by atoms with Gasteiger partial charge in [-0.2, -0.15) is 5.26 Å². The van der Waals surface area contributed by atoms with Gasteiger partial charge in [-0.15, -0.1) is 0 Å². The molecule has 0 aliphatic carbocycles. The molecule has 2 aromatic rings. The largest absolute Gasteiger partial charge is 0.481 e. The third-order valence-corrected chi connectivity index (χ3v) is 3.69. The Hall–Kier alpha value is -2.22. The number of amides is 1. The van der Waals surface area contributed by atoms with Crippen molar-refractivity contribution in [2.45, 2.75) is 13.0 Å². The molecule has 4 nitrogen and oxygen atoms in total. The highest BCUT2D eigenvalue weighted by molar-refractivity contribution is 6.44. The summed E-state index contributed by atoms with van der Waals surface area (Å²) in [6.45, 7) is 1.62. The summed E-state index contributed by atoms with van der Waals surface area (Å²) in [5.74, 6) is 0.146. The van der Waals surface area contributed by atoms with Gasteiger partial charge >= 0.3 is 0 Å². The van der Waals surface area contributed by atoms with Gasteiger partial charge in [-0.25, -0.2) is 0 Å². The zero-order valence-corrected chi connectivity index (χ0v) is 13.2. The standard InChI is InChI=1S/C16H12Cl2N2O2/c1-10(22-12-7-5-11(9-19)6-8-12)16(21)20-14-4-2-3-13(17)15(14)18/h2-8,10H,1H3,(H,20,21). The van der Waals surface area contributed by atoms with Crippen LogP contribution in [-0.4, -0.2) is 12.0 Å². The first-order valence-electron chi connectivity index (χ1n) is 6.43. The van der Waals surface area contributed by atoms with E-state index in [9.17, 15) is 4.79 Å². The van der Waals surface area contributed by atoms with Gasteiger partial charge in [0, 0.05) is 0 Å². The molecule has 0 bridgehead atoms. The quantitative estimate of drug-likeness (QED) is 0.907. The molecule has 0 fully saturated rings. The fraction of sp³-hybridized carbons (Fsp3) is 0.125. The Morgan fingerprint density at radius 2 is 1.91 bits per heavy atom. The number of nitrogens with zero attached hydrogens (tertiary/aromatic N) is 1. The number of rotatable bonds is 4. The van der Waals surface area contributed by atoms with Crippen LogP contribution in [0.15, 0.2) is 42.5 Å². The van der Waals surface area contributed by atoms with E-state index in [1.54, 1.807) is 49.4 Å². The lowest BCUT2D eigenvalue weighted by Gasteiger charge is -2.15. The molecule has 112 valence electrons. The number of hydrogen-bond donors (Lipinski definition) is 1. The van der Waals surface area contributed by atoms with Gasteiger partial charge in [0.15, 0.2) is 6.10 Å². The number of nitrogens with one attached hydrogen (secondary N) is 1. The number of hydrogen-bond acceptors (Lipinski definition) is 3. The van der Waals surface area contributed by atoms with Gasteiger partial charge in [0.2, 0.25) is 0 Å². The van der Waals surface area contributed by atoms with Crippen LogP contribution in [0.4, 0.5) is 5.69 Å². The van der Waals surface area contributed by atoms with Gasteiger partial charge < -0.3 is 10.1 Å². The average Bonchev–Trinajstić information content (AvgIpc) is 2.52. The second-order valence-corrected chi connectivity index (χ2v) is 5.27. The number of halogens is 2. The van der Waals surface area contributed by atoms with Crippen molar-refractivity contribution in [3.63, 3.8) is 0 Å². The summed E-state index contributed by atoms with van der Waals surface area (Å²) in [7, 11) is 0. The summed E-state index contributed by atoms with van der Waals surface area (Å²) < 4.78 is 5.52. The maximum absolute atomic E-state index is 12.1. The lowest BCUT2D eigenvalue weighted by molar-refractivity contribution is -0.122. The highest BCUT2D eigenvalue weighted by Crippen LogP contribution is 2.29. The number of carbonyl (C=O) groups excluding carboxylic acids is 1. The summed E-state index contributed by atoms with van der Waals surface area (Å²) in [4.78, 5) is 12.1. The summed E-state index contributed by atoms with van der Waals surface area (Å²) in [6, 6.07) is 13.5. The van der Waals surface area contributed by atoms with Gasteiger partial charge in [-0.1, -0.05) is 29.3 Å². The van der Waals surface area contributed by atoms with Crippen molar-refractivity contribution in [1.29, 1.82) is 5.26 Å². The van der Waals surface area contributed by atoms with Crippen molar-refractivity contribution in [2.75, 3.05) is 5.32 Å². The normalized spacial score (nSPS) is 11.4. The van der Waals surface area contributed by atoms with Crippen LogP contribution in [0.3, 0.4) is 0 Å². The van der Waals surface area contributed by atoms with E-state index in [0.717, 1.165) is 0 Å². The summed E-state index contributed by atoms with van der Waals surface area (Å²) in [5, 5.41) is 12.0. The molecule has 1 atom stereocenters. The zero-order valence-electron chi connectivity index (χ0n) is 11.6. The minimum absolute atomic E-state index is 0.281. The highest BCUT2D eigenvalue weighted by Gasteiger charge is 2.16. The minimum Gasteiger partial charge on any atom is -0.481 e. The molecule has 0 aromatic heterocycles. The molecule has 0 radical (unpaired) electrons. The Morgan fingerprint density at radius 3 is 2.55 bits per heavy atom. The zero-order chi connectivity index (χ0) is 16.1. The van der Waals surface area contributed by atoms with Gasteiger partial charge in [-0.05, 0) is 43.3 Å². The molecule has 1 amide bonds. The Bertz CT molecular complexity index is 724. The maximum atomic E-state index is 12.1. The Morgan fingerprint density at radius 1 is 1.23 bits per heavy atom. The second kappa shape index (κ2) is 7.17. The van der Waals surface area contributed by atoms with Crippen LogP contribution in [0.2, 0.25) is 10.0 Å². The van der Waals surface area contributed by atoms with E-state index in [1.165, 1.54) is 0 Å².